The molecule has 0 heterocycles. The minimum Gasteiger partial charge on any atom is -0.460 e. The van der Waals surface area contributed by atoms with Crippen LogP contribution in [0.1, 0.15) is 6.92 Å². The number of hydrogen-bond acceptors (Lipinski definition) is 4. The van der Waals surface area contributed by atoms with Crippen LogP contribution < -0.4 is 0 Å². The summed E-state index contributed by atoms with van der Waals surface area (Å²) in [6, 6.07) is 0. The van der Waals surface area contributed by atoms with E-state index in [0.717, 1.165) is 0 Å². The monoisotopic (exact) mass is 193 g/mol. The predicted octanol–water partition coefficient (Wildman–Crippen LogP) is 0.772. The van der Waals surface area contributed by atoms with Crippen molar-refractivity contribution in [3.63, 3.8) is 0 Å². The van der Waals surface area contributed by atoms with Crippen LogP contribution in [0.25, 0.3) is 0 Å². The third-order valence-corrected chi connectivity index (χ3v) is 1.27. The second-order valence-corrected chi connectivity index (χ2v) is 2.72. The molecule has 0 aromatic carbocycles. The third kappa shape index (κ3) is 5.97. The Hall–Kier alpha value is -0.770. The van der Waals surface area contributed by atoms with Crippen molar-refractivity contribution < 1.29 is 23.5 Å². The molecule has 1 N–H and O–H groups in total. The Morgan fingerprint density at radius 3 is 2.58 bits per heavy atom. The van der Waals surface area contributed by atoms with Crippen molar-refractivity contribution in [3.8, 4) is 0 Å². The Balaban J connectivity index is 3.38. The van der Waals surface area contributed by atoms with Gasteiger partial charge in [0.15, 0.2) is 0 Å². The summed E-state index contributed by atoms with van der Waals surface area (Å²) in [6.07, 6.45) is 0. The van der Waals surface area contributed by atoms with Crippen LogP contribution in [0.3, 0.4) is 0 Å². The fraction of sp³-hybridized carbons (Fsp3) is 0.500. The lowest BCUT2D eigenvalue weighted by Crippen LogP contribution is -2.09. The molecule has 0 bridgehead atoms. The first-order valence-corrected chi connectivity index (χ1v) is 4.28. The lowest BCUT2D eigenvalue weighted by atomic mass is 10.4. The molecule has 0 spiro atoms. The van der Waals surface area contributed by atoms with E-state index in [-0.39, 0.29) is 18.8 Å². The van der Waals surface area contributed by atoms with Gasteiger partial charge in [-0.15, -0.1) is 0 Å². The summed E-state index contributed by atoms with van der Waals surface area (Å²) < 4.78 is 18.7. The number of rotatable bonds is 5. The molecule has 0 rings (SSSR count). The highest BCUT2D eigenvalue weighted by atomic mass is 31.1. The summed E-state index contributed by atoms with van der Waals surface area (Å²) in [6.45, 7) is 4.72. The maximum absolute atomic E-state index is 10.7. The molecule has 0 fully saturated rings. The number of carbonyl (C=O) groups excluding carboxylic acids is 1. The zero-order valence-corrected chi connectivity index (χ0v) is 7.54. The molecule has 1 unspecified atom stereocenters. The quantitative estimate of drug-likeness (QED) is 0.302. The molecular formula is C6H10O5P. The fourth-order valence-electron chi connectivity index (χ4n) is 0.373. The van der Waals surface area contributed by atoms with Crippen molar-refractivity contribution in [2.75, 3.05) is 13.2 Å². The van der Waals surface area contributed by atoms with Gasteiger partial charge in [-0.3, -0.25) is 9.42 Å². The van der Waals surface area contributed by atoms with Crippen LogP contribution in [0.15, 0.2) is 12.2 Å². The summed E-state index contributed by atoms with van der Waals surface area (Å²) in [4.78, 5) is 18.8. The Morgan fingerprint density at radius 2 is 2.17 bits per heavy atom. The van der Waals surface area contributed by atoms with E-state index in [2.05, 4.69) is 15.8 Å². The van der Waals surface area contributed by atoms with Gasteiger partial charge in [0.1, 0.15) is 6.61 Å². The molecule has 69 valence electrons. The number of ether oxygens (including phenoxy) is 1. The van der Waals surface area contributed by atoms with E-state index in [1.807, 2.05) is 0 Å². The van der Waals surface area contributed by atoms with Crippen molar-refractivity contribution >= 4 is 14.2 Å². The molecule has 0 aliphatic carbocycles. The second-order valence-electron chi connectivity index (χ2n) is 1.99. The van der Waals surface area contributed by atoms with Gasteiger partial charge >= 0.3 is 14.2 Å². The highest BCUT2D eigenvalue weighted by Crippen LogP contribution is 2.13. The molecule has 0 saturated heterocycles. The summed E-state index contributed by atoms with van der Waals surface area (Å²) >= 11 is 0. The van der Waals surface area contributed by atoms with Gasteiger partial charge in [-0.05, 0) is 6.92 Å². The van der Waals surface area contributed by atoms with Crippen molar-refractivity contribution in [2.45, 2.75) is 6.92 Å². The fourth-order valence-corrected chi connectivity index (χ4v) is 0.604. The minimum absolute atomic E-state index is 0.0483. The van der Waals surface area contributed by atoms with Crippen LogP contribution in [0, 0.1) is 0 Å². The smallest absolute Gasteiger partial charge is 0.366 e. The Labute approximate surface area is 70.9 Å². The first-order chi connectivity index (χ1) is 5.54. The van der Waals surface area contributed by atoms with Crippen LogP contribution >= 0.6 is 8.25 Å². The maximum atomic E-state index is 10.7. The van der Waals surface area contributed by atoms with E-state index in [1.54, 1.807) is 0 Å². The Morgan fingerprint density at radius 1 is 1.58 bits per heavy atom. The predicted molar refractivity (Wildman–Crippen MR) is 41.6 cm³/mol. The highest BCUT2D eigenvalue weighted by molar-refractivity contribution is 7.32. The standard InChI is InChI=1S/C6H10O5P/c1-5(2)6(7)10-3-4-11-12(8)9/h1,3-4H2,2H3,(H,8,9). The van der Waals surface area contributed by atoms with Crippen LogP contribution in [-0.4, -0.2) is 24.1 Å². The molecule has 0 aliphatic rings. The average Bonchev–Trinajstić information content (AvgIpc) is 1.97. The van der Waals surface area contributed by atoms with Gasteiger partial charge < -0.3 is 4.74 Å². The van der Waals surface area contributed by atoms with Gasteiger partial charge in [0.05, 0.1) is 6.61 Å². The summed E-state index contributed by atoms with van der Waals surface area (Å²) in [7, 11) is -2.61. The molecule has 6 heteroatoms. The number of carbonyl (C=O) groups is 1. The zero-order chi connectivity index (χ0) is 9.56. The molecule has 0 aromatic heterocycles. The molecule has 0 amide bonds. The summed E-state index contributed by atoms with van der Waals surface area (Å²) in [5.41, 5.74) is 0.281. The summed E-state index contributed by atoms with van der Waals surface area (Å²) in [5, 5.41) is 0. The van der Waals surface area contributed by atoms with Crippen molar-refractivity contribution in [2.24, 2.45) is 0 Å². The average molecular weight is 193 g/mol. The van der Waals surface area contributed by atoms with E-state index in [1.165, 1.54) is 6.92 Å². The van der Waals surface area contributed by atoms with Gasteiger partial charge in [0.2, 0.25) is 0 Å². The van der Waals surface area contributed by atoms with E-state index in [0.29, 0.717) is 0 Å². The van der Waals surface area contributed by atoms with Crippen LogP contribution in [0.4, 0.5) is 0 Å². The molecule has 0 aromatic rings. The Kier molecular flexibility index (Phi) is 5.45. The lowest BCUT2D eigenvalue weighted by Gasteiger charge is -2.01. The number of hydrogen-bond donors (Lipinski definition) is 1. The second kappa shape index (κ2) is 5.83. The number of esters is 1. The van der Waals surface area contributed by atoms with E-state index >= 15 is 0 Å². The van der Waals surface area contributed by atoms with Gasteiger partial charge in [-0.1, -0.05) is 6.58 Å². The van der Waals surface area contributed by atoms with Gasteiger partial charge in [-0.2, -0.15) is 0 Å². The molecule has 0 aliphatic heterocycles. The first-order valence-electron chi connectivity index (χ1n) is 3.15. The topological polar surface area (TPSA) is 72.8 Å². The van der Waals surface area contributed by atoms with Gasteiger partial charge in [0, 0.05) is 5.57 Å². The molecule has 1 atom stereocenters. The van der Waals surface area contributed by atoms with Gasteiger partial charge in [-0.25, -0.2) is 9.36 Å². The first kappa shape index (κ1) is 11.2. The van der Waals surface area contributed by atoms with Crippen LogP contribution in [-0.2, 0) is 18.6 Å². The van der Waals surface area contributed by atoms with Gasteiger partial charge in [0.25, 0.3) is 0 Å². The lowest BCUT2D eigenvalue weighted by molar-refractivity contribution is -0.139. The maximum Gasteiger partial charge on any atom is 0.366 e. The summed E-state index contributed by atoms with van der Waals surface area (Å²) in [5.74, 6) is -0.535. The Bertz CT molecular complexity index is 200. The molecule has 0 saturated carbocycles. The molecule has 1 radical (unpaired) electrons. The SMILES string of the molecule is C=C(C)C(=O)OCCO[P](=O)O. The van der Waals surface area contributed by atoms with Crippen molar-refractivity contribution in [1.82, 2.24) is 0 Å². The van der Waals surface area contributed by atoms with E-state index < -0.39 is 14.2 Å². The molecular weight excluding hydrogens is 183 g/mol. The zero-order valence-electron chi connectivity index (χ0n) is 6.65. The van der Waals surface area contributed by atoms with Crippen LogP contribution in [0.5, 0.6) is 0 Å². The molecule has 12 heavy (non-hydrogen) atoms. The van der Waals surface area contributed by atoms with E-state index in [4.69, 9.17) is 4.89 Å². The largest absolute Gasteiger partial charge is 0.460 e. The normalized spacial score (nSPS) is 10.7. The minimum atomic E-state index is -2.61. The van der Waals surface area contributed by atoms with Crippen molar-refractivity contribution in [1.29, 1.82) is 0 Å². The molecule has 5 nitrogen and oxygen atoms in total. The highest BCUT2D eigenvalue weighted by Gasteiger charge is 2.02. The third-order valence-electron chi connectivity index (χ3n) is 0.867. The van der Waals surface area contributed by atoms with Crippen molar-refractivity contribution in [3.05, 3.63) is 12.2 Å². The van der Waals surface area contributed by atoms with Crippen LogP contribution in [0.2, 0.25) is 0 Å². The van der Waals surface area contributed by atoms with E-state index in [9.17, 15) is 9.36 Å².